The summed E-state index contributed by atoms with van der Waals surface area (Å²) in [6, 6.07) is 3.79. The number of rotatable bonds is 2. The summed E-state index contributed by atoms with van der Waals surface area (Å²) >= 11 is 0. The molecule has 2 aromatic rings. The van der Waals surface area contributed by atoms with Gasteiger partial charge in [0.2, 0.25) is 0 Å². The molecule has 0 saturated carbocycles. The Balaban J connectivity index is 2.49. The average molecular weight is 217 g/mol. The van der Waals surface area contributed by atoms with E-state index in [0.717, 1.165) is 28.5 Å². The highest BCUT2D eigenvalue weighted by atomic mass is 16.3. The van der Waals surface area contributed by atoms with Gasteiger partial charge in [-0.25, -0.2) is 9.97 Å². The number of imidazole rings is 1. The van der Waals surface area contributed by atoms with Gasteiger partial charge in [-0.05, 0) is 32.4 Å². The lowest BCUT2D eigenvalue weighted by molar-refractivity contribution is 0.280. The highest BCUT2D eigenvalue weighted by molar-refractivity contribution is 5.32. The zero-order chi connectivity index (χ0) is 11.7. The van der Waals surface area contributed by atoms with Crippen LogP contribution in [0.3, 0.4) is 0 Å². The number of hydrogen-bond acceptors (Lipinski definition) is 3. The van der Waals surface area contributed by atoms with E-state index < -0.39 is 0 Å². The Kier molecular flexibility index (Phi) is 2.75. The second-order valence-corrected chi connectivity index (χ2v) is 3.86. The molecule has 0 aliphatic rings. The topological polar surface area (TPSA) is 50.9 Å². The number of aromatic nitrogens is 3. The van der Waals surface area contributed by atoms with Gasteiger partial charge in [-0.15, -0.1) is 0 Å². The van der Waals surface area contributed by atoms with E-state index in [1.807, 2.05) is 37.5 Å². The van der Waals surface area contributed by atoms with Crippen molar-refractivity contribution in [3.05, 3.63) is 41.1 Å². The summed E-state index contributed by atoms with van der Waals surface area (Å²) in [4.78, 5) is 8.69. The van der Waals surface area contributed by atoms with Crippen LogP contribution in [0.15, 0.2) is 18.5 Å². The average Bonchev–Trinajstić information content (AvgIpc) is 2.60. The fraction of sp³-hybridized carbons (Fsp3) is 0.333. The lowest BCUT2D eigenvalue weighted by atomic mass is 10.2. The number of pyridine rings is 1. The summed E-state index contributed by atoms with van der Waals surface area (Å²) in [5.41, 5.74) is 3.80. The van der Waals surface area contributed by atoms with E-state index in [2.05, 4.69) is 9.97 Å². The van der Waals surface area contributed by atoms with Gasteiger partial charge in [0, 0.05) is 11.4 Å². The molecule has 0 fully saturated rings. The van der Waals surface area contributed by atoms with Crippen LogP contribution in [0.2, 0.25) is 0 Å². The molecule has 16 heavy (non-hydrogen) atoms. The molecule has 0 amide bonds. The number of hydrogen-bond donors (Lipinski definition) is 1. The van der Waals surface area contributed by atoms with Crippen LogP contribution in [0.4, 0.5) is 0 Å². The normalized spacial score (nSPS) is 10.8. The lowest BCUT2D eigenvalue weighted by Crippen LogP contribution is -2.02. The predicted octanol–water partition coefficient (Wildman–Crippen LogP) is 1.68. The molecule has 2 heterocycles. The maximum atomic E-state index is 9.08. The van der Waals surface area contributed by atoms with Gasteiger partial charge < -0.3 is 5.11 Å². The fourth-order valence-corrected chi connectivity index (χ4v) is 1.61. The standard InChI is InChI=1S/C12H15N3O/c1-8-10(3)15(7-13-8)12-5-4-11(6-16)9(2)14-12/h4-5,7,16H,6H2,1-3H3. The largest absolute Gasteiger partial charge is 0.392 e. The predicted molar refractivity (Wildman–Crippen MR) is 61.5 cm³/mol. The minimum Gasteiger partial charge on any atom is -0.392 e. The SMILES string of the molecule is Cc1nc(-n2cnc(C)c2C)ccc1CO. The second kappa shape index (κ2) is 4.06. The van der Waals surface area contributed by atoms with Crippen LogP contribution < -0.4 is 0 Å². The van der Waals surface area contributed by atoms with Crippen LogP contribution in [0.25, 0.3) is 5.82 Å². The van der Waals surface area contributed by atoms with E-state index >= 15 is 0 Å². The Morgan fingerprint density at radius 1 is 1.19 bits per heavy atom. The van der Waals surface area contributed by atoms with Crippen LogP contribution in [-0.4, -0.2) is 19.6 Å². The van der Waals surface area contributed by atoms with E-state index in [1.54, 1.807) is 6.33 Å². The minimum absolute atomic E-state index is 0.0288. The smallest absolute Gasteiger partial charge is 0.138 e. The Morgan fingerprint density at radius 3 is 2.44 bits per heavy atom. The van der Waals surface area contributed by atoms with Crippen LogP contribution in [0.1, 0.15) is 22.6 Å². The first-order chi connectivity index (χ1) is 7.63. The van der Waals surface area contributed by atoms with E-state index in [1.165, 1.54) is 0 Å². The number of aryl methyl sites for hydroxylation is 2. The maximum Gasteiger partial charge on any atom is 0.138 e. The summed E-state index contributed by atoms with van der Waals surface area (Å²) in [5, 5.41) is 9.08. The Bertz CT molecular complexity index is 517. The number of aliphatic hydroxyl groups excluding tert-OH is 1. The first kappa shape index (κ1) is 10.8. The monoisotopic (exact) mass is 217 g/mol. The Morgan fingerprint density at radius 2 is 1.94 bits per heavy atom. The molecule has 2 aromatic heterocycles. The molecule has 4 nitrogen and oxygen atoms in total. The first-order valence-electron chi connectivity index (χ1n) is 5.21. The van der Waals surface area contributed by atoms with Gasteiger partial charge in [0.05, 0.1) is 12.3 Å². The molecule has 2 rings (SSSR count). The molecule has 0 aliphatic carbocycles. The Hall–Kier alpha value is -1.68. The zero-order valence-electron chi connectivity index (χ0n) is 9.73. The molecule has 0 aliphatic heterocycles. The minimum atomic E-state index is 0.0288. The van der Waals surface area contributed by atoms with Crippen molar-refractivity contribution in [1.82, 2.24) is 14.5 Å². The third-order valence-corrected chi connectivity index (χ3v) is 2.85. The quantitative estimate of drug-likeness (QED) is 0.832. The van der Waals surface area contributed by atoms with E-state index in [4.69, 9.17) is 5.11 Å². The number of aliphatic hydroxyl groups is 1. The van der Waals surface area contributed by atoms with Crippen molar-refractivity contribution in [1.29, 1.82) is 0 Å². The first-order valence-corrected chi connectivity index (χ1v) is 5.21. The molecule has 4 heteroatoms. The van der Waals surface area contributed by atoms with Crippen molar-refractivity contribution in [3.63, 3.8) is 0 Å². The summed E-state index contributed by atoms with van der Waals surface area (Å²) in [6.45, 7) is 5.91. The zero-order valence-corrected chi connectivity index (χ0v) is 9.73. The van der Waals surface area contributed by atoms with Gasteiger partial charge in [0.25, 0.3) is 0 Å². The summed E-state index contributed by atoms with van der Waals surface area (Å²) < 4.78 is 1.95. The van der Waals surface area contributed by atoms with E-state index in [9.17, 15) is 0 Å². The lowest BCUT2D eigenvalue weighted by Gasteiger charge is -2.07. The van der Waals surface area contributed by atoms with Gasteiger partial charge in [-0.3, -0.25) is 4.57 Å². The molecular formula is C12H15N3O. The molecule has 0 radical (unpaired) electrons. The van der Waals surface area contributed by atoms with Crippen molar-refractivity contribution in [2.75, 3.05) is 0 Å². The fourth-order valence-electron chi connectivity index (χ4n) is 1.61. The third-order valence-electron chi connectivity index (χ3n) is 2.85. The highest BCUT2D eigenvalue weighted by Crippen LogP contribution is 2.14. The molecule has 0 saturated heterocycles. The summed E-state index contributed by atoms with van der Waals surface area (Å²) in [5.74, 6) is 0.841. The van der Waals surface area contributed by atoms with E-state index in [0.29, 0.717) is 0 Å². The van der Waals surface area contributed by atoms with Gasteiger partial charge >= 0.3 is 0 Å². The molecule has 0 bridgehead atoms. The van der Waals surface area contributed by atoms with Crippen molar-refractivity contribution < 1.29 is 5.11 Å². The molecule has 0 atom stereocenters. The molecule has 1 N–H and O–H groups in total. The molecule has 0 unspecified atom stereocenters. The van der Waals surface area contributed by atoms with Gasteiger partial charge in [-0.1, -0.05) is 6.07 Å². The van der Waals surface area contributed by atoms with Gasteiger partial charge in [0.15, 0.2) is 0 Å². The third kappa shape index (κ3) is 1.72. The van der Waals surface area contributed by atoms with Crippen LogP contribution in [0, 0.1) is 20.8 Å². The van der Waals surface area contributed by atoms with Crippen molar-refractivity contribution in [2.24, 2.45) is 0 Å². The molecule has 0 aromatic carbocycles. The van der Waals surface area contributed by atoms with Crippen molar-refractivity contribution in [2.45, 2.75) is 27.4 Å². The van der Waals surface area contributed by atoms with Crippen molar-refractivity contribution in [3.8, 4) is 5.82 Å². The Labute approximate surface area is 94.6 Å². The summed E-state index contributed by atoms with van der Waals surface area (Å²) in [7, 11) is 0. The molecule has 84 valence electrons. The van der Waals surface area contributed by atoms with Gasteiger partial charge in [0.1, 0.15) is 12.1 Å². The molecular weight excluding hydrogens is 202 g/mol. The van der Waals surface area contributed by atoms with Gasteiger partial charge in [-0.2, -0.15) is 0 Å². The molecule has 0 spiro atoms. The van der Waals surface area contributed by atoms with E-state index in [-0.39, 0.29) is 6.61 Å². The maximum absolute atomic E-state index is 9.08. The van der Waals surface area contributed by atoms with Crippen LogP contribution in [-0.2, 0) is 6.61 Å². The summed E-state index contributed by atoms with van der Waals surface area (Å²) in [6.07, 6.45) is 1.77. The van der Waals surface area contributed by atoms with Crippen LogP contribution in [0.5, 0.6) is 0 Å². The van der Waals surface area contributed by atoms with Crippen molar-refractivity contribution >= 4 is 0 Å². The number of nitrogens with zero attached hydrogens (tertiary/aromatic N) is 3. The second-order valence-electron chi connectivity index (χ2n) is 3.86. The highest BCUT2D eigenvalue weighted by Gasteiger charge is 2.07. The van der Waals surface area contributed by atoms with Crippen LogP contribution >= 0.6 is 0 Å².